The van der Waals surface area contributed by atoms with E-state index in [1.54, 1.807) is 18.3 Å². The Morgan fingerprint density at radius 1 is 0.967 bits per heavy atom. The molecule has 0 amide bonds. The van der Waals surface area contributed by atoms with Crippen LogP contribution in [0.3, 0.4) is 0 Å². The lowest BCUT2D eigenvalue weighted by atomic mass is 10.1. The van der Waals surface area contributed by atoms with Gasteiger partial charge in [0.15, 0.2) is 12.2 Å². The number of oxazole rings is 1. The molecule has 5 nitrogen and oxygen atoms in total. The third-order valence-electron chi connectivity index (χ3n) is 4.85. The predicted molar refractivity (Wildman–Crippen MR) is 119 cm³/mol. The van der Waals surface area contributed by atoms with Crippen molar-refractivity contribution in [3.63, 3.8) is 0 Å². The summed E-state index contributed by atoms with van der Waals surface area (Å²) in [4.78, 5) is 15.6. The van der Waals surface area contributed by atoms with Gasteiger partial charge in [0.2, 0.25) is 0 Å². The molecule has 0 aliphatic heterocycles. The average Bonchev–Trinajstić information content (AvgIpc) is 3.31. The van der Waals surface area contributed by atoms with E-state index in [9.17, 15) is 4.79 Å². The van der Waals surface area contributed by atoms with Crippen molar-refractivity contribution in [2.75, 3.05) is 6.61 Å². The second kappa shape index (κ2) is 14.2. The minimum absolute atomic E-state index is 0.174. The SMILES string of the molecule is C=CC(C=C)OC(=O)CCCCCCCCCCOc1ccc(-c2cnco2)cc1. The minimum Gasteiger partial charge on any atom is -0.494 e. The van der Waals surface area contributed by atoms with E-state index in [2.05, 4.69) is 18.1 Å². The van der Waals surface area contributed by atoms with Gasteiger partial charge in [-0.15, -0.1) is 0 Å². The molecule has 30 heavy (non-hydrogen) atoms. The molecule has 0 saturated heterocycles. The molecule has 0 radical (unpaired) electrons. The predicted octanol–water partition coefficient (Wildman–Crippen LogP) is 6.52. The molecular weight excluding hydrogens is 378 g/mol. The molecule has 2 rings (SSSR count). The summed E-state index contributed by atoms with van der Waals surface area (Å²) in [5.41, 5.74) is 0.995. The van der Waals surface area contributed by atoms with Crippen molar-refractivity contribution >= 4 is 5.97 Å². The molecular formula is C25H33NO4. The second-order valence-electron chi connectivity index (χ2n) is 7.24. The number of carbonyl (C=O) groups is 1. The molecule has 0 bridgehead atoms. The van der Waals surface area contributed by atoms with Crippen molar-refractivity contribution in [1.82, 2.24) is 4.98 Å². The summed E-state index contributed by atoms with van der Waals surface area (Å²) >= 11 is 0. The van der Waals surface area contributed by atoms with Crippen molar-refractivity contribution in [2.24, 2.45) is 0 Å². The highest BCUT2D eigenvalue weighted by atomic mass is 16.5. The summed E-state index contributed by atoms with van der Waals surface area (Å²) in [6, 6.07) is 7.88. The summed E-state index contributed by atoms with van der Waals surface area (Å²) in [5.74, 6) is 1.47. The number of hydrogen-bond acceptors (Lipinski definition) is 5. The van der Waals surface area contributed by atoms with Crippen LogP contribution in [0, 0.1) is 0 Å². The lowest BCUT2D eigenvalue weighted by molar-refractivity contribution is -0.145. The number of esters is 1. The number of rotatable bonds is 16. The lowest BCUT2D eigenvalue weighted by Crippen LogP contribution is -2.12. The molecule has 5 heteroatoms. The molecule has 162 valence electrons. The Labute approximate surface area is 179 Å². The molecule has 0 saturated carbocycles. The maximum atomic E-state index is 11.6. The van der Waals surface area contributed by atoms with Crippen LogP contribution in [0.2, 0.25) is 0 Å². The zero-order valence-corrected chi connectivity index (χ0v) is 17.8. The van der Waals surface area contributed by atoms with Crippen molar-refractivity contribution in [3.05, 3.63) is 62.2 Å². The van der Waals surface area contributed by atoms with Crippen LogP contribution in [0.4, 0.5) is 0 Å². The summed E-state index contributed by atoms with van der Waals surface area (Å²) in [7, 11) is 0. The van der Waals surface area contributed by atoms with Crippen molar-refractivity contribution in [1.29, 1.82) is 0 Å². The molecule has 1 aromatic carbocycles. The smallest absolute Gasteiger partial charge is 0.306 e. The zero-order valence-electron chi connectivity index (χ0n) is 17.8. The van der Waals surface area contributed by atoms with Gasteiger partial charge in [0, 0.05) is 12.0 Å². The van der Waals surface area contributed by atoms with Crippen LogP contribution in [0.25, 0.3) is 11.3 Å². The monoisotopic (exact) mass is 411 g/mol. The van der Waals surface area contributed by atoms with E-state index in [4.69, 9.17) is 13.9 Å². The van der Waals surface area contributed by atoms with Gasteiger partial charge in [0.05, 0.1) is 12.8 Å². The third kappa shape index (κ3) is 9.12. The van der Waals surface area contributed by atoms with E-state index in [1.807, 2.05) is 24.3 Å². The van der Waals surface area contributed by atoms with Gasteiger partial charge in [0.1, 0.15) is 11.9 Å². The zero-order chi connectivity index (χ0) is 21.4. The number of unbranched alkanes of at least 4 members (excludes halogenated alkanes) is 7. The quantitative estimate of drug-likeness (QED) is 0.179. The first-order valence-corrected chi connectivity index (χ1v) is 10.8. The molecule has 0 fully saturated rings. The van der Waals surface area contributed by atoms with Crippen LogP contribution in [-0.2, 0) is 9.53 Å². The van der Waals surface area contributed by atoms with Crippen LogP contribution in [0.5, 0.6) is 5.75 Å². The van der Waals surface area contributed by atoms with Crippen molar-refractivity contribution in [2.45, 2.75) is 63.9 Å². The number of carbonyl (C=O) groups excluding carboxylic acids is 1. The number of hydrogen-bond donors (Lipinski definition) is 0. The highest BCUT2D eigenvalue weighted by Crippen LogP contribution is 2.22. The molecule has 1 heterocycles. The van der Waals surface area contributed by atoms with Crippen LogP contribution in [0.15, 0.2) is 66.6 Å². The lowest BCUT2D eigenvalue weighted by Gasteiger charge is -2.09. The summed E-state index contributed by atoms with van der Waals surface area (Å²) in [6.45, 7) is 7.95. The van der Waals surface area contributed by atoms with E-state index >= 15 is 0 Å². The first kappa shape index (κ1) is 23.5. The Morgan fingerprint density at radius 2 is 1.60 bits per heavy atom. The Morgan fingerprint density at radius 3 is 2.20 bits per heavy atom. The van der Waals surface area contributed by atoms with Crippen LogP contribution >= 0.6 is 0 Å². The molecule has 1 aromatic heterocycles. The fourth-order valence-electron chi connectivity index (χ4n) is 3.10. The molecule has 0 spiro atoms. The molecule has 0 N–H and O–H groups in total. The normalized spacial score (nSPS) is 10.7. The first-order chi connectivity index (χ1) is 14.7. The summed E-state index contributed by atoms with van der Waals surface area (Å²) in [5, 5.41) is 0. The average molecular weight is 412 g/mol. The molecule has 0 atom stereocenters. The van der Waals surface area contributed by atoms with Gasteiger partial charge < -0.3 is 13.9 Å². The van der Waals surface area contributed by atoms with E-state index in [0.717, 1.165) is 49.4 Å². The topological polar surface area (TPSA) is 61.6 Å². The van der Waals surface area contributed by atoms with E-state index < -0.39 is 0 Å². The molecule has 0 aliphatic rings. The fraction of sp³-hybridized carbons (Fsp3) is 0.440. The first-order valence-electron chi connectivity index (χ1n) is 10.8. The summed E-state index contributed by atoms with van der Waals surface area (Å²) in [6.07, 6.45) is 15.4. The Kier molecular flexibility index (Phi) is 11.1. The van der Waals surface area contributed by atoms with Crippen LogP contribution < -0.4 is 4.74 Å². The maximum Gasteiger partial charge on any atom is 0.306 e. The fourth-order valence-corrected chi connectivity index (χ4v) is 3.10. The maximum absolute atomic E-state index is 11.6. The highest BCUT2D eigenvalue weighted by molar-refractivity contribution is 5.69. The second-order valence-corrected chi connectivity index (χ2v) is 7.24. The van der Waals surface area contributed by atoms with Gasteiger partial charge in [-0.3, -0.25) is 4.79 Å². The van der Waals surface area contributed by atoms with E-state index in [0.29, 0.717) is 6.42 Å². The third-order valence-corrected chi connectivity index (χ3v) is 4.85. The van der Waals surface area contributed by atoms with Crippen molar-refractivity contribution < 1.29 is 18.7 Å². The number of aromatic nitrogens is 1. The Hall–Kier alpha value is -2.82. The molecule has 2 aromatic rings. The largest absolute Gasteiger partial charge is 0.494 e. The van der Waals surface area contributed by atoms with E-state index in [1.165, 1.54) is 32.1 Å². The van der Waals surface area contributed by atoms with Crippen molar-refractivity contribution in [3.8, 4) is 17.1 Å². The van der Waals surface area contributed by atoms with Gasteiger partial charge in [0.25, 0.3) is 0 Å². The Bertz CT molecular complexity index is 729. The standard InChI is InChI=1S/C25H33NO4/c1-3-22(4-2)30-25(27)13-11-9-7-5-6-8-10-12-18-28-23-16-14-21(15-17-23)24-19-26-20-29-24/h3-4,14-17,19-20,22H,1-2,5-13,18H2. The van der Waals surface area contributed by atoms with Crippen LogP contribution in [0.1, 0.15) is 57.8 Å². The Balaban J connectivity index is 1.41. The molecule has 0 aliphatic carbocycles. The highest BCUT2D eigenvalue weighted by Gasteiger charge is 2.07. The number of ether oxygens (including phenoxy) is 2. The van der Waals surface area contributed by atoms with Gasteiger partial charge >= 0.3 is 5.97 Å². The number of benzene rings is 1. The summed E-state index contributed by atoms with van der Waals surface area (Å²) < 4.78 is 16.3. The minimum atomic E-state index is -0.375. The molecule has 0 unspecified atom stereocenters. The van der Waals surface area contributed by atoms with Gasteiger partial charge in [-0.25, -0.2) is 4.98 Å². The van der Waals surface area contributed by atoms with Gasteiger partial charge in [-0.2, -0.15) is 0 Å². The number of nitrogens with zero attached hydrogens (tertiary/aromatic N) is 1. The van der Waals surface area contributed by atoms with Crippen LogP contribution in [-0.4, -0.2) is 23.7 Å². The van der Waals surface area contributed by atoms with Gasteiger partial charge in [-0.1, -0.05) is 51.7 Å². The van der Waals surface area contributed by atoms with E-state index in [-0.39, 0.29) is 12.1 Å². The van der Waals surface area contributed by atoms with Gasteiger partial charge in [-0.05, 0) is 49.3 Å².